The van der Waals surface area contributed by atoms with Crippen LogP contribution in [0.5, 0.6) is 5.75 Å². The zero-order valence-corrected chi connectivity index (χ0v) is 24.9. The van der Waals surface area contributed by atoms with Crippen LogP contribution in [0.15, 0.2) is 78.5 Å². The Kier molecular flexibility index (Phi) is 7.78. The quantitative estimate of drug-likeness (QED) is 0.158. The number of allylic oxidation sites excluding steroid dienone is 1. The fourth-order valence-corrected chi connectivity index (χ4v) is 6.25. The lowest BCUT2D eigenvalue weighted by Gasteiger charge is -2.25. The van der Waals surface area contributed by atoms with Crippen LogP contribution < -0.4 is 19.6 Å². The van der Waals surface area contributed by atoms with Gasteiger partial charge in [0.1, 0.15) is 17.3 Å². The number of hydrogen-bond acceptors (Lipinski definition) is 9. The molecule has 5 rings (SSSR count). The first kappa shape index (κ1) is 28.2. The molecule has 1 aliphatic rings. The lowest BCUT2D eigenvalue weighted by Crippen LogP contribution is -2.39. The number of nitrogens with zero attached hydrogens (tertiary/aromatic N) is 3. The van der Waals surface area contributed by atoms with Gasteiger partial charge in [-0.15, -0.1) is 0 Å². The molecule has 10 nitrogen and oxygen atoms in total. The predicted octanol–water partition coefficient (Wildman–Crippen LogP) is 5.05. The number of furan rings is 1. The average Bonchev–Trinajstić information content (AvgIpc) is 3.52. The van der Waals surface area contributed by atoms with E-state index in [0.717, 1.165) is 16.9 Å². The van der Waals surface area contributed by atoms with Crippen LogP contribution in [0.1, 0.15) is 36.8 Å². The average molecular weight is 638 g/mol. The van der Waals surface area contributed by atoms with Crippen LogP contribution in [0, 0.1) is 17.0 Å². The van der Waals surface area contributed by atoms with Crippen molar-refractivity contribution in [2.24, 2.45) is 4.99 Å². The number of carbonyl (C=O) groups is 1. The summed E-state index contributed by atoms with van der Waals surface area (Å²) in [5.41, 5.74) is 2.01. The van der Waals surface area contributed by atoms with Crippen LogP contribution in [-0.2, 0) is 9.53 Å². The number of esters is 1. The minimum Gasteiger partial charge on any atom is -0.496 e. The smallest absolute Gasteiger partial charge is 0.338 e. The summed E-state index contributed by atoms with van der Waals surface area (Å²) >= 11 is 4.65. The molecule has 1 atom stereocenters. The Labute approximate surface area is 246 Å². The minimum atomic E-state index is -0.794. The number of aryl methyl sites for hydroxylation is 1. The van der Waals surface area contributed by atoms with Gasteiger partial charge in [-0.25, -0.2) is 9.79 Å². The molecule has 12 heteroatoms. The summed E-state index contributed by atoms with van der Waals surface area (Å²) in [6.07, 6.45) is 1.57. The van der Waals surface area contributed by atoms with Gasteiger partial charge < -0.3 is 13.9 Å². The number of ether oxygens (including phenoxy) is 2. The van der Waals surface area contributed by atoms with E-state index in [0.29, 0.717) is 47.9 Å². The summed E-state index contributed by atoms with van der Waals surface area (Å²) in [6, 6.07) is 12.7. The van der Waals surface area contributed by atoms with E-state index >= 15 is 0 Å². The first-order chi connectivity index (χ1) is 19.6. The highest BCUT2D eigenvalue weighted by Gasteiger charge is 2.33. The van der Waals surface area contributed by atoms with E-state index in [4.69, 9.17) is 13.9 Å². The molecule has 0 saturated heterocycles. The third-order valence-corrected chi connectivity index (χ3v) is 8.13. The van der Waals surface area contributed by atoms with Crippen molar-refractivity contribution in [1.29, 1.82) is 0 Å². The van der Waals surface area contributed by atoms with E-state index in [1.165, 1.54) is 10.6 Å². The first-order valence-electron chi connectivity index (χ1n) is 12.5. The summed E-state index contributed by atoms with van der Waals surface area (Å²) < 4.78 is 19.1. The van der Waals surface area contributed by atoms with Crippen molar-refractivity contribution in [3.63, 3.8) is 0 Å². The molecule has 210 valence electrons. The van der Waals surface area contributed by atoms with Gasteiger partial charge in [0.2, 0.25) is 0 Å². The first-order valence-corrected chi connectivity index (χ1v) is 14.1. The number of nitro benzene ring substituents is 1. The molecule has 0 radical (unpaired) electrons. The number of methoxy groups -OCH3 is 1. The fraction of sp³-hybridized carbons (Fsp3) is 0.207. The zero-order chi connectivity index (χ0) is 29.4. The molecule has 41 heavy (non-hydrogen) atoms. The number of thiazole rings is 1. The van der Waals surface area contributed by atoms with E-state index in [2.05, 4.69) is 20.9 Å². The molecule has 4 aromatic rings. The Balaban J connectivity index is 1.65. The summed E-state index contributed by atoms with van der Waals surface area (Å²) in [5, 5.41) is 11.6. The van der Waals surface area contributed by atoms with E-state index in [9.17, 15) is 19.7 Å². The van der Waals surface area contributed by atoms with E-state index < -0.39 is 16.9 Å². The molecule has 1 aliphatic heterocycles. The molecule has 0 saturated carbocycles. The van der Waals surface area contributed by atoms with Gasteiger partial charge in [-0.1, -0.05) is 23.5 Å². The van der Waals surface area contributed by atoms with Gasteiger partial charge in [0, 0.05) is 12.1 Å². The van der Waals surface area contributed by atoms with Gasteiger partial charge >= 0.3 is 5.97 Å². The second-order valence-electron chi connectivity index (χ2n) is 9.18. The van der Waals surface area contributed by atoms with Gasteiger partial charge in [-0.2, -0.15) is 0 Å². The number of halogens is 1. The number of nitro groups is 1. The molecule has 0 N–H and O–H groups in total. The van der Waals surface area contributed by atoms with Crippen molar-refractivity contribution in [2.75, 3.05) is 13.7 Å². The maximum Gasteiger partial charge on any atom is 0.338 e. The predicted molar refractivity (Wildman–Crippen MR) is 157 cm³/mol. The Bertz CT molecular complexity index is 1920. The Hall–Kier alpha value is -4.29. The third-order valence-electron chi connectivity index (χ3n) is 6.52. The van der Waals surface area contributed by atoms with Gasteiger partial charge in [0.05, 0.1) is 50.5 Å². The van der Waals surface area contributed by atoms with Gasteiger partial charge in [0.15, 0.2) is 4.80 Å². The summed E-state index contributed by atoms with van der Waals surface area (Å²) in [5.74, 6) is 0.680. The fourth-order valence-electron chi connectivity index (χ4n) is 4.67. The Morgan fingerprint density at radius 2 is 2.00 bits per heavy atom. The second-order valence-corrected chi connectivity index (χ2v) is 11.0. The molecule has 0 unspecified atom stereocenters. The van der Waals surface area contributed by atoms with E-state index in [1.807, 2.05) is 0 Å². The molecule has 2 aromatic carbocycles. The van der Waals surface area contributed by atoms with Crippen molar-refractivity contribution in [2.45, 2.75) is 26.8 Å². The maximum absolute atomic E-state index is 13.8. The van der Waals surface area contributed by atoms with Crippen LogP contribution in [0.3, 0.4) is 0 Å². The number of fused-ring (bicyclic) bond motifs is 1. The Morgan fingerprint density at radius 1 is 1.22 bits per heavy atom. The van der Waals surface area contributed by atoms with Gasteiger partial charge in [0.25, 0.3) is 11.2 Å². The number of rotatable bonds is 7. The summed E-state index contributed by atoms with van der Waals surface area (Å²) in [6.45, 7) is 5.36. The molecule has 0 spiro atoms. The molecule has 3 heterocycles. The minimum absolute atomic E-state index is 0.0714. The molecule has 0 bridgehead atoms. The molecular weight excluding hydrogens is 614 g/mol. The van der Waals surface area contributed by atoms with E-state index in [1.54, 1.807) is 76.4 Å². The number of benzene rings is 2. The molecule has 2 aromatic heterocycles. The number of aromatic nitrogens is 1. The van der Waals surface area contributed by atoms with Crippen LogP contribution in [0.2, 0.25) is 0 Å². The number of hydrogen-bond donors (Lipinski definition) is 0. The van der Waals surface area contributed by atoms with Crippen molar-refractivity contribution in [3.05, 3.63) is 111 Å². The third kappa shape index (κ3) is 5.27. The zero-order valence-electron chi connectivity index (χ0n) is 22.5. The van der Waals surface area contributed by atoms with Crippen LogP contribution in [0.4, 0.5) is 5.69 Å². The highest BCUT2D eigenvalue weighted by molar-refractivity contribution is 9.10. The van der Waals surface area contributed by atoms with Crippen molar-refractivity contribution in [1.82, 2.24) is 4.57 Å². The van der Waals surface area contributed by atoms with Gasteiger partial charge in [-0.3, -0.25) is 19.5 Å². The summed E-state index contributed by atoms with van der Waals surface area (Å²) in [7, 11) is 1.55. The standard InChI is InChI=1S/C29H24BrN3O7S/c1-5-39-28(35)25-16(3)31-29-32(26(25)17-7-10-23(38-4)20(30)13-17)27(34)24(41-29)14-18-8-11-22(40-18)19-9-6-15(2)12-21(19)33(36)37/h6-14,26H,5H2,1-4H3/b24-14+/t26-/m0/s1. The van der Waals surface area contributed by atoms with Crippen LogP contribution in [0.25, 0.3) is 17.4 Å². The topological polar surface area (TPSA) is 126 Å². The molecular formula is C29H24BrN3O7S. The molecule has 0 fully saturated rings. The lowest BCUT2D eigenvalue weighted by atomic mass is 9.96. The van der Waals surface area contributed by atoms with Crippen LogP contribution >= 0.6 is 27.3 Å². The Morgan fingerprint density at radius 3 is 2.68 bits per heavy atom. The second kappa shape index (κ2) is 11.3. The lowest BCUT2D eigenvalue weighted by molar-refractivity contribution is -0.384. The van der Waals surface area contributed by atoms with Crippen molar-refractivity contribution < 1.29 is 23.6 Å². The normalized spacial score (nSPS) is 15.0. The largest absolute Gasteiger partial charge is 0.496 e. The SMILES string of the molecule is CCOC(=O)C1=C(C)N=c2s/c(=C/c3ccc(-c4ccc(C)cc4[N+](=O)[O-])o3)c(=O)n2[C@H]1c1ccc(OC)c(Br)c1. The summed E-state index contributed by atoms with van der Waals surface area (Å²) in [4.78, 5) is 43.1. The van der Waals surface area contributed by atoms with Crippen molar-refractivity contribution in [3.8, 4) is 17.1 Å². The highest BCUT2D eigenvalue weighted by Crippen LogP contribution is 2.35. The van der Waals surface area contributed by atoms with E-state index in [-0.39, 0.29) is 23.4 Å². The number of carbonyl (C=O) groups excluding carboxylic acids is 1. The van der Waals surface area contributed by atoms with Gasteiger partial charge in [-0.05, 0) is 78.2 Å². The van der Waals surface area contributed by atoms with Crippen LogP contribution in [-0.4, -0.2) is 29.2 Å². The molecule has 0 aliphatic carbocycles. The monoisotopic (exact) mass is 637 g/mol. The highest BCUT2D eigenvalue weighted by atomic mass is 79.9. The molecule has 0 amide bonds. The van der Waals surface area contributed by atoms with Crippen molar-refractivity contribution >= 4 is 45.0 Å². The maximum atomic E-state index is 13.8.